The third-order valence-electron chi connectivity index (χ3n) is 1.43. The number of aliphatic imine (C=N–C) groups is 1. The first kappa shape index (κ1) is 8.44. The second kappa shape index (κ2) is 4.27. The molecule has 1 aliphatic carbocycles. The molecular weight excluding hydrogens is 150 g/mol. The van der Waals surface area contributed by atoms with Crippen molar-refractivity contribution < 1.29 is 4.79 Å². The van der Waals surface area contributed by atoms with Gasteiger partial charge in [-0.05, 0) is 19.1 Å². The van der Waals surface area contributed by atoms with Crippen LogP contribution in [0.4, 0.5) is 0 Å². The van der Waals surface area contributed by atoms with Gasteiger partial charge in [-0.2, -0.15) is 4.99 Å². The Hall–Kier alpha value is -1.66. The normalized spacial score (nSPS) is 29.4. The molecule has 2 heteroatoms. The average Bonchev–Trinajstić information content (AvgIpc) is 2.00. The lowest BCUT2D eigenvalue weighted by Gasteiger charge is -1.92. The van der Waals surface area contributed by atoms with Crippen LogP contribution in [0.15, 0.2) is 52.7 Å². The summed E-state index contributed by atoms with van der Waals surface area (Å²) in [6.45, 7) is 2.00. The monoisotopic (exact) mass is 159 g/mol. The van der Waals surface area contributed by atoms with Gasteiger partial charge in [-0.3, -0.25) is 0 Å². The molecule has 0 aromatic carbocycles. The highest BCUT2D eigenvalue weighted by atomic mass is 16.1. The highest BCUT2D eigenvalue weighted by Crippen LogP contribution is 2.05. The first-order chi connectivity index (χ1) is 5.83. The summed E-state index contributed by atoms with van der Waals surface area (Å²) in [6, 6.07) is 0. The zero-order valence-corrected chi connectivity index (χ0v) is 6.82. The molecule has 0 aromatic rings. The van der Waals surface area contributed by atoms with Gasteiger partial charge in [0, 0.05) is 0 Å². The Bertz CT molecular complexity index is 326. The van der Waals surface area contributed by atoms with Crippen LogP contribution in [-0.2, 0) is 4.79 Å². The lowest BCUT2D eigenvalue weighted by Crippen LogP contribution is -1.74. The third-order valence-corrected chi connectivity index (χ3v) is 1.43. The van der Waals surface area contributed by atoms with Crippen LogP contribution < -0.4 is 0 Å². The molecule has 0 fully saturated rings. The molecule has 0 spiro atoms. The number of isocyanates is 1. The van der Waals surface area contributed by atoms with E-state index in [0.717, 1.165) is 5.57 Å². The SMILES string of the molecule is CC1=C/C=C\C(N=C=O)=C/C=C\1. The predicted octanol–water partition coefficient (Wildman–Crippen LogP) is 2.28. The molecule has 0 amide bonds. The highest BCUT2D eigenvalue weighted by Gasteiger charge is 1.87. The van der Waals surface area contributed by atoms with Crippen molar-refractivity contribution in [3.63, 3.8) is 0 Å². The zero-order valence-electron chi connectivity index (χ0n) is 6.82. The van der Waals surface area contributed by atoms with Crippen LogP contribution >= 0.6 is 0 Å². The van der Waals surface area contributed by atoms with Crippen LogP contribution in [0.3, 0.4) is 0 Å². The smallest absolute Gasteiger partial charge is 0.211 e. The number of rotatable bonds is 1. The maximum Gasteiger partial charge on any atom is 0.240 e. The Morgan fingerprint density at radius 3 is 2.75 bits per heavy atom. The second-order valence-corrected chi connectivity index (χ2v) is 2.42. The Labute approximate surface area is 71.3 Å². The topological polar surface area (TPSA) is 29.4 Å². The van der Waals surface area contributed by atoms with Gasteiger partial charge in [0.2, 0.25) is 6.08 Å². The van der Waals surface area contributed by atoms with Gasteiger partial charge >= 0.3 is 0 Å². The molecule has 0 saturated heterocycles. The fourth-order valence-electron chi connectivity index (χ4n) is 0.835. The van der Waals surface area contributed by atoms with E-state index in [9.17, 15) is 4.79 Å². The van der Waals surface area contributed by atoms with Gasteiger partial charge in [-0.1, -0.05) is 29.9 Å². The van der Waals surface area contributed by atoms with Gasteiger partial charge in [-0.15, -0.1) is 0 Å². The summed E-state index contributed by atoms with van der Waals surface area (Å²) in [5.74, 6) is 0. The van der Waals surface area contributed by atoms with E-state index in [4.69, 9.17) is 0 Å². The van der Waals surface area contributed by atoms with Crippen LogP contribution in [0.1, 0.15) is 6.92 Å². The summed E-state index contributed by atoms with van der Waals surface area (Å²) in [5, 5.41) is 0. The number of hydrogen-bond acceptors (Lipinski definition) is 2. The van der Waals surface area contributed by atoms with Crippen molar-refractivity contribution in [1.29, 1.82) is 0 Å². The van der Waals surface area contributed by atoms with E-state index in [0.29, 0.717) is 5.70 Å². The minimum atomic E-state index is 0.616. The molecule has 0 aliphatic heterocycles. The van der Waals surface area contributed by atoms with E-state index in [1.807, 2.05) is 31.2 Å². The second-order valence-electron chi connectivity index (χ2n) is 2.42. The van der Waals surface area contributed by atoms with Crippen molar-refractivity contribution in [1.82, 2.24) is 0 Å². The maximum absolute atomic E-state index is 9.93. The third kappa shape index (κ3) is 2.52. The van der Waals surface area contributed by atoms with E-state index in [2.05, 4.69) is 4.99 Å². The molecule has 12 heavy (non-hydrogen) atoms. The summed E-state index contributed by atoms with van der Waals surface area (Å²) < 4.78 is 0. The molecule has 0 saturated carbocycles. The number of carbonyl (C=O) groups excluding carboxylic acids is 1. The van der Waals surface area contributed by atoms with Crippen LogP contribution in [0, 0.1) is 0 Å². The van der Waals surface area contributed by atoms with E-state index in [1.165, 1.54) is 6.08 Å². The fourth-order valence-corrected chi connectivity index (χ4v) is 0.835. The van der Waals surface area contributed by atoms with Crippen molar-refractivity contribution >= 4 is 6.08 Å². The Balaban J connectivity index is 2.90. The molecule has 0 unspecified atom stereocenters. The molecule has 1 aliphatic rings. The number of hydrogen-bond donors (Lipinski definition) is 0. The standard InChI is InChI=1S/C10H9NO/c1-9-4-2-6-10(11-8-12)7-3-5-9/h2-7H,1H3/b4-2-,5-3?,6-2?,7-3-,9-4?,9-5-,10-6+,10-7?. The fraction of sp³-hybridized carbons (Fsp3) is 0.100. The quantitative estimate of drug-likeness (QED) is 0.426. The average molecular weight is 159 g/mol. The molecule has 0 heterocycles. The Morgan fingerprint density at radius 2 is 2.00 bits per heavy atom. The minimum absolute atomic E-state index is 0.616. The molecule has 0 bridgehead atoms. The highest BCUT2D eigenvalue weighted by molar-refractivity contribution is 5.42. The van der Waals surface area contributed by atoms with Crippen LogP contribution in [0.2, 0.25) is 0 Å². The summed E-state index contributed by atoms with van der Waals surface area (Å²) in [5.41, 5.74) is 1.78. The van der Waals surface area contributed by atoms with E-state index in [-0.39, 0.29) is 0 Å². The Morgan fingerprint density at radius 1 is 1.25 bits per heavy atom. The van der Waals surface area contributed by atoms with Crippen LogP contribution in [0.5, 0.6) is 0 Å². The van der Waals surface area contributed by atoms with Gasteiger partial charge < -0.3 is 0 Å². The van der Waals surface area contributed by atoms with Gasteiger partial charge in [0.1, 0.15) is 0 Å². The molecule has 60 valence electrons. The lowest BCUT2D eigenvalue weighted by molar-refractivity contribution is 0.565. The van der Waals surface area contributed by atoms with Crippen molar-refractivity contribution in [2.24, 2.45) is 4.99 Å². The van der Waals surface area contributed by atoms with Gasteiger partial charge in [0.15, 0.2) is 0 Å². The van der Waals surface area contributed by atoms with E-state index in [1.54, 1.807) is 12.2 Å². The molecular formula is C10H9NO. The first-order valence-corrected chi connectivity index (χ1v) is 3.64. The molecule has 0 radical (unpaired) electrons. The summed E-state index contributed by atoms with van der Waals surface area (Å²) >= 11 is 0. The summed E-state index contributed by atoms with van der Waals surface area (Å²) in [4.78, 5) is 13.4. The summed E-state index contributed by atoms with van der Waals surface area (Å²) in [6.07, 6.45) is 12.6. The molecule has 1 rings (SSSR count). The van der Waals surface area contributed by atoms with Crippen LogP contribution in [-0.4, -0.2) is 6.08 Å². The van der Waals surface area contributed by atoms with Crippen molar-refractivity contribution in [3.05, 3.63) is 47.7 Å². The Kier molecular flexibility index (Phi) is 3.00. The molecule has 0 aromatic heterocycles. The zero-order chi connectivity index (χ0) is 8.81. The van der Waals surface area contributed by atoms with Crippen LogP contribution in [0.25, 0.3) is 0 Å². The number of allylic oxidation sites excluding steroid dienone is 7. The molecule has 0 N–H and O–H groups in total. The molecule has 0 atom stereocenters. The van der Waals surface area contributed by atoms with Gasteiger partial charge in [0.05, 0.1) is 5.70 Å². The van der Waals surface area contributed by atoms with Crippen molar-refractivity contribution in [2.75, 3.05) is 0 Å². The van der Waals surface area contributed by atoms with E-state index < -0.39 is 0 Å². The predicted molar refractivity (Wildman–Crippen MR) is 48.2 cm³/mol. The summed E-state index contributed by atoms with van der Waals surface area (Å²) in [7, 11) is 0. The maximum atomic E-state index is 9.93. The minimum Gasteiger partial charge on any atom is -0.211 e. The van der Waals surface area contributed by atoms with Gasteiger partial charge in [-0.25, -0.2) is 4.79 Å². The molecule has 2 nitrogen and oxygen atoms in total. The first-order valence-electron chi connectivity index (χ1n) is 3.64. The van der Waals surface area contributed by atoms with E-state index >= 15 is 0 Å². The van der Waals surface area contributed by atoms with Crippen molar-refractivity contribution in [3.8, 4) is 0 Å². The van der Waals surface area contributed by atoms with Gasteiger partial charge in [0.25, 0.3) is 0 Å². The lowest BCUT2D eigenvalue weighted by atomic mass is 10.2. The number of nitrogens with zero attached hydrogens (tertiary/aromatic N) is 1. The largest absolute Gasteiger partial charge is 0.240 e. The van der Waals surface area contributed by atoms with Crippen molar-refractivity contribution in [2.45, 2.75) is 6.92 Å².